The molecule has 21 heavy (non-hydrogen) atoms. The molecule has 0 radical (unpaired) electrons. The molecule has 1 aromatic rings. The van der Waals surface area contributed by atoms with Crippen LogP contribution in [0.2, 0.25) is 0 Å². The lowest BCUT2D eigenvalue weighted by Gasteiger charge is -2.14. The average Bonchev–Trinajstić information content (AvgIpc) is 3.02. The number of fused-ring (bicyclic) bond motifs is 1. The van der Waals surface area contributed by atoms with Crippen molar-refractivity contribution in [1.29, 1.82) is 0 Å². The maximum Gasteiger partial charge on any atom is 0.355 e. The normalized spacial score (nSPS) is 20.2. The molecule has 1 fully saturated rings. The summed E-state index contributed by atoms with van der Waals surface area (Å²) in [6, 6.07) is 8.48. The SMILES string of the molecule is CCOC(=O)C1=NN=C2C(=O)N(c3ccccc3)C(=O)[C@H]12. The molecule has 3 rings (SSSR count). The number of ether oxygens (including phenoxy) is 1. The van der Waals surface area contributed by atoms with Gasteiger partial charge in [0.1, 0.15) is 11.6 Å². The standard InChI is InChI=1S/C14H11N3O4/c1-2-21-14(20)11-9-10(15-16-11)13(19)17(12(9)18)8-6-4-3-5-7-8/h3-7,9H,2H2,1H3/t9-/m0/s1. The van der Waals surface area contributed by atoms with Crippen molar-refractivity contribution < 1.29 is 19.1 Å². The van der Waals surface area contributed by atoms with Crippen LogP contribution in [-0.4, -0.2) is 35.8 Å². The lowest BCUT2D eigenvalue weighted by Crippen LogP contribution is -2.35. The molecule has 2 amide bonds. The lowest BCUT2D eigenvalue weighted by molar-refractivity contribution is -0.136. The highest BCUT2D eigenvalue weighted by atomic mass is 16.5. The van der Waals surface area contributed by atoms with E-state index in [1.807, 2.05) is 0 Å². The molecule has 1 aromatic carbocycles. The van der Waals surface area contributed by atoms with Gasteiger partial charge in [-0.3, -0.25) is 9.59 Å². The third-order valence-electron chi connectivity index (χ3n) is 3.20. The molecule has 2 aliphatic heterocycles. The van der Waals surface area contributed by atoms with Gasteiger partial charge >= 0.3 is 5.97 Å². The maximum absolute atomic E-state index is 12.5. The third kappa shape index (κ3) is 1.94. The van der Waals surface area contributed by atoms with Crippen molar-refractivity contribution in [3.8, 4) is 0 Å². The molecule has 7 heteroatoms. The van der Waals surface area contributed by atoms with E-state index in [1.54, 1.807) is 37.3 Å². The van der Waals surface area contributed by atoms with Crippen LogP contribution < -0.4 is 4.90 Å². The Kier molecular flexibility index (Phi) is 3.09. The first-order valence-electron chi connectivity index (χ1n) is 6.41. The summed E-state index contributed by atoms with van der Waals surface area (Å²) in [4.78, 5) is 37.5. The zero-order chi connectivity index (χ0) is 15.0. The number of nitrogens with zero attached hydrogens (tertiary/aromatic N) is 3. The van der Waals surface area contributed by atoms with E-state index in [9.17, 15) is 14.4 Å². The van der Waals surface area contributed by atoms with Crippen molar-refractivity contribution >= 4 is 34.9 Å². The number of para-hydroxylation sites is 1. The van der Waals surface area contributed by atoms with Gasteiger partial charge in [-0.2, -0.15) is 0 Å². The first-order chi connectivity index (χ1) is 10.1. The van der Waals surface area contributed by atoms with Crippen LogP contribution in [0.25, 0.3) is 0 Å². The number of benzene rings is 1. The van der Waals surface area contributed by atoms with E-state index in [1.165, 1.54) is 0 Å². The Morgan fingerprint density at radius 1 is 1.24 bits per heavy atom. The van der Waals surface area contributed by atoms with Crippen LogP contribution in [-0.2, 0) is 19.1 Å². The van der Waals surface area contributed by atoms with E-state index in [4.69, 9.17) is 4.74 Å². The fraction of sp³-hybridized carbons (Fsp3) is 0.214. The van der Waals surface area contributed by atoms with Gasteiger partial charge in [-0.15, -0.1) is 10.2 Å². The highest BCUT2D eigenvalue weighted by Crippen LogP contribution is 2.29. The van der Waals surface area contributed by atoms with Crippen molar-refractivity contribution in [1.82, 2.24) is 0 Å². The van der Waals surface area contributed by atoms with Gasteiger partial charge in [0.15, 0.2) is 5.71 Å². The Labute approximate surface area is 119 Å². The summed E-state index contributed by atoms with van der Waals surface area (Å²) in [6.07, 6.45) is 0. The first-order valence-corrected chi connectivity index (χ1v) is 6.41. The summed E-state index contributed by atoms with van der Waals surface area (Å²) in [7, 11) is 0. The van der Waals surface area contributed by atoms with Crippen LogP contribution in [0.15, 0.2) is 40.5 Å². The smallest absolute Gasteiger partial charge is 0.355 e. The van der Waals surface area contributed by atoms with Gasteiger partial charge in [0, 0.05) is 0 Å². The highest BCUT2D eigenvalue weighted by molar-refractivity contribution is 6.66. The molecule has 1 atom stereocenters. The minimum absolute atomic E-state index is 0.0353. The molecule has 0 N–H and O–H groups in total. The Morgan fingerprint density at radius 3 is 2.62 bits per heavy atom. The van der Waals surface area contributed by atoms with Crippen molar-refractivity contribution in [2.75, 3.05) is 11.5 Å². The number of esters is 1. The van der Waals surface area contributed by atoms with Crippen LogP contribution in [0.1, 0.15) is 6.92 Å². The van der Waals surface area contributed by atoms with E-state index < -0.39 is 23.7 Å². The molecule has 0 bridgehead atoms. The van der Waals surface area contributed by atoms with Crippen LogP contribution >= 0.6 is 0 Å². The summed E-state index contributed by atoms with van der Waals surface area (Å²) in [5, 5.41) is 7.31. The number of hydrogen-bond acceptors (Lipinski definition) is 6. The maximum atomic E-state index is 12.5. The number of amides is 2. The molecule has 0 saturated carbocycles. The third-order valence-corrected chi connectivity index (χ3v) is 3.20. The summed E-state index contributed by atoms with van der Waals surface area (Å²) in [5.74, 6) is -2.87. The van der Waals surface area contributed by atoms with Gasteiger partial charge in [0.2, 0.25) is 5.91 Å². The molecule has 0 spiro atoms. The second-order valence-electron chi connectivity index (χ2n) is 4.44. The number of hydrogen-bond donors (Lipinski definition) is 0. The van der Waals surface area contributed by atoms with Gasteiger partial charge in [-0.25, -0.2) is 9.69 Å². The quantitative estimate of drug-likeness (QED) is 0.599. The molecule has 0 aromatic heterocycles. The molecular weight excluding hydrogens is 274 g/mol. The molecule has 1 saturated heterocycles. The van der Waals surface area contributed by atoms with Crippen molar-refractivity contribution in [2.24, 2.45) is 16.1 Å². The van der Waals surface area contributed by atoms with Gasteiger partial charge in [-0.05, 0) is 19.1 Å². The van der Waals surface area contributed by atoms with Gasteiger partial charge in [0.05, 0.1) is 12.3 Å². The highest BCUT2D eigenvalue weighted by Gasteiger charge is 2.52. The van der Waals surface area contributed by atoms with Crippen molar-refractivity contribution in [3.05, 3.63) is 30.3 Å². The van der Waals surface area contributed by atoms with Crippen molar-refractivity contribution in [3.63, 3.8) is 0 Å². The number of rotatable bonds is 3. The molecule has 0 unspecified atom stereocenters. The van der Waals surface area contributed by atoms with E-state index in [2.05, 4.69) is 10.2 Å². The Hall–Kier alpha value is -2.83. The fourth-order valence-electron chi connectivity index (χ4n) is 2.28. The zero-order valence-corrected chi connectivity index (χ0v) is 11.1. The minimum atomic E-state index is -1.06. The summed E-state index contributed by atoms with van der Waals surface area (Å²) < 4.78 is 4.83. The first kappa shape index (κ1) is 13.2. The predicted octanol–water partition coefficient (Wildman–Crippen LogP) is 0.550. The lowest BCUT2D eigenvalue weighted by atomic mass is 10.0. The largest absolute Gasteiger partial charge is 0.461 e. The molecule has 2 aliphatic rings. The van der Waals surface area contributed by atoms with Gasteiger partial charge in [0.25, 0.3) is 5.91 Å². The van der Waals surface area contributed by atoms with Crippen LogP contribution in [0.3, 0.4) is 0 Å². The fourth-order valence-corrected chi connectivity index (χ4v) is 2.28. The van der Waals surface area contributed by atoms with E-state index in [-0.39, 0.29) is 18.0 Å². The van der Waals surface area contributed by atoms with E-state index >= 15 is 0 Å². The summed E-state index contributed by atoms with van der Waals surface area (Å²) in [5.41, 5.74) is 0.267. The van der Waals surface area contributed by atoms with Crippen LogP contribution in [0.5, 0.6) is 0 Å². The Balaban J connectivity index is 1.94. The monoisotopic (exact) mass is 285 g/mol. The summed E-state index contributed by atoms with van der Waals surface area (Å²) in [6.45, 7) is 1.80. The zero-order valence-electron chi connectivity index (χ0n) is 11.1. The van der Waals surface area contributed by atoms with E-state index in [0.717, 1.165) is 4.90 Å². The predicted molar refractivity (Wildman–Crippen MR) is 73.9 cm³/mol. The molecule has 0 aliphatic carbocycles. The van der Waals surface area contributed by atoms with Crippen molar-refractivity contribution in [2.45, 2.75) is 6.92 Å². The second kappa shape index (κ2) is 4.93. The number of imide groups is 1. The molecule has 2 heterocycles. The topological polar surface area (TPSA) is 88.4 Å². The number of carbonyl (C=O) groups excluding carboxylic acids is 3. The molecule has 106 valence electrons. The van der Waals surface area contributed by atoms with Gasteiger partial charge in [-0.1, -0.05) is 18.2 Å². The second-order valence-corrected chi connectivity index (χ2v) is 4.44. The van der Waals surface area contributed by atoms with Gasteiger partial charge < -0.3 is 4.74 Å². The van der Waals surface area contributed by atoms with E-state index in [0.29, 0.717) is 5.69 Å². The average molecular weight is 285 g/mol. The Bertz CT molecular complexity index is 693. The Morgan fingerprint density at radius 2 is 1.95 bits per heavy atom. The summed E-state index contributed by atoms with van der Waals surface area (Å²) >= 11 is 0. The van der Waals surface area contributed by atoms with Crippen LogP contribution in [0, 0.1) is 5.92 Å². The minimum Gasteiger partial charge on any atom is -0.461 e. The van der Waals surface area contributed by atoms with Crippen LogP contribution in [0.4, 0.5) is 5.69 Å². The number of carbonyl (C=O) groups is 3. The number of anilines is 1. The molecule has 7 nitrogen and oxygen atoms in total. The molecular formula is C14H11N3O4.